The van der Waals surface area contributed by atoms with Crippen LogP contribution in [0.2, 0.25) is 0 Å². The number of nitrogens with one attached hydrogen (secondary N) is 1. The molecule has 1 aliphatic rings. The number of aromatic nitrogens is 2. The fourth-order valence-electron chi connectivity index (χ4n) is 3.23. The van der Waals surface area contributed by atoms with Gasteiger partial charge in [-0.1, -0.05) is 0 Å². The number of halogens is 1. The van der Waals surface area contributed by atoms with E-state index in [-0.39, 0.29) is 28.9 Å². The molecule has 32 heavy (non-hydrogen) atoms. The number of piperidine rings is 1. The number of amides is 1. The molecule has 0 aliphatic carbocycles. The van der Waals surface area contributed by atoms with Crippen LogP contribution in [0.1, 0.15) is 32.5 Å². The average molecular weight is 467 g/mol. The lowest BCUT2D eigenvalue weighted by Crippen LogP contribution is -2.42. The second-order valence-electron chi connectivity index (χ2n) is 7.91. The molecule has 0 unspecified atom stereocenters. The number of nitrogens with zero attached hydrogens (tertiary/aromatic N) is 3. The van der Waals surface area contributed by atoms with Crippen LogP contribution in [0.25, 0.3) is 0 Å². The number of carbonyl (C=O) groups excluding carboxylic acids is 1. The maximum atomic E-state index is 14.4. The van der Waals surface area contributed by atoms with Crippen LogP contribution in [0.3, 0.4) is 0 Å². The van der Waals surface area contributed by atoms with E-state index in [1.807, 2.05) is 13.8 Å². The minimum atomic E-state index is -3.51. The fourth-order valence-corrected chi connectivity index (χ4v) is 3.87. The second kappa shape index (κ2) is 9.68. The highest BCUT2D eigenvalue weighted by molar-refractivity contribution is 7.90. The first-order valence-electron chi connectivity index (χ1n) is 10.3. The molecule has 1 amide bonds. The van der Waals surface area contributed by atoms with Crippen molar-refractivity contribution in [3.8, 4) is 5.88 Å². The Morgan fingerprint density at radius 3 is 2.50 bits per heavy atom. The van der Waals surface area contributed by atoms with Gasteiger partial charge in [-0.15, -0.1) is 0 Å². The molecule has 1 aliphatic heterocycles. The van der Waals surface area contributed by atoms with Crippen LogP contribution in [-0.2, 0) is 14.6 Å². The Hall–Kier alpha value is -2.95. The SMILES string of the molecule is Cc1nc(Nc2ccc(S(C)(=O)=O)cc2F)cc(OC2CCN(C(=O)OC(C)C)CC2)n1. The normalized spacial score (nSPS) is 15.0. The molecule has 0 spiro atoms. The molecule has 2 heterocycles. The average Bonchev–Trinajstić information content (AvgIpc) is 2.68. The Morgan fingerprint density at radius 2 is 1.91 bits per heavy atom. The van der Waals surface area contributed by atoms with E-state index in [0.717, 1.165) is 12.3 Å². The molecule has 174 valence electrons. The Balaban J connectivity index is 1.65. The van der Waals surface area contributed by atoms with Crippen molar-refractivity contribution in [2.24, 2.45) is 0 Å². The first-order valence-corrected chi connectivity index (χ1v) is 12.1. The van der Waals surface area contributed by atoms with Crippen molar-refractivity contribution in [3.63, 3.8) is 0 Å². The van der Waals surface area contributed by atoms with Crippen molar-refractivity contribution in [1.29, 1.82) is 0 Å². The lowest BCUT2D eigenvalue weighted by molar-refractivity contribution is 0.0507. The number of anilines is 2. The third kappa shape index (κ3) is 6.28. The highest BCUT2D eigenvalue weighted by Gasteiger charge is 2.26. The van der Waals surface area contributed by atoms with Gasteiger partial charge in [0, 0.05) is 38.3 Å². The summed E-state index contributed by atoms with van der Waals surface area (Å²) in [7, 11) is -3.51. The van der Waals surface area contributed by atoms with Crippen molar-refractivity contribution in [2.75, 3.05) is 24.7 Å². The molecule has 0 atom stereocenters. The van der Waals surface area contributed by atoms with Gasteiger partial charge in [0.2, 0.25) is 5.88 Å². The highest BCUT2D eigenvalue weighted by Crippen LogP contribution is 2.25. The highest BCUT2D eigenvalue weighted by atomic mass is 32.2. The van der Waals surface area contributed by atoms with Gasteiger partial charge >= 0.3 is 6.09 Å². The smallest absolute Gasteiger partial charge is 0.410 e. The summed E-state index contributed by atoms with van der Waals surface area (Å²) in [5.74, 6) is 0.358. The molecule has 9 nitrogen and oxygen atoms in total. The summed E-state index contributed by atoms with van der Waals surface area (Å²) in [6.45, 7) is 6.34. The maximum absolute atomic E-state index is 14.4. The molecule has 1 aromatic heterocycles. The summed E-state index contributed by atoms with van der Waals surface area (Å²) < 4.78 is 48.7. The monoisotopic (exact) mass is 466 g/mol. The molecule has 11 heteroatoms. The molecular formula is C21H27FN4O5S. The molecule has 1 N–H and O–H groups in total. The zero-order valence-electron chi connectivity index (χ0n) is 18.5. The minimum Gasteiger partial charge on any atom is -0.474 e. The second-order valence-corrected chi connectivity index (χ2v) is 9.93. The predicted octanol–water partition coefficient (Wildman–Crippen LogP) is 3.46. The van der Waals surface area contributed by atoms with Crippen LogP contribution in [0.15, 0.2) is 29.2 Å². The van der Waals surface area contributed by atoms with Crippen LogP contribution in [0, 0.1) is 12.7 Å². The van der Waals surface area contributed by atoms with E-state index in [2.05, 4.69) is 15.3 Å². The molecule has 0 radical (unpaired) electrons. The van der Waals surface area contributed by atoms with E-state index in [9.17, 15) is 17.6 Å². The molecule has 1 saturated heterocycles. The van der Waals surface area contributed by atoms with Gasteiger partial charge < -0.3 is 19.7 Å². The summed E-state index contributed by atoms with van der Waals surface area (Å²) in [5, 5.41) is 2.84. The van der Waals surface area contributed by atoms with Crippen LogP contribution < -0.4 is 10.1 Å². The van der Waals surface area contributed by atoms with Crippen LogP contribution in [0.5, 0.6) is 5.88 Å². The van der Waals surface area contributed by atoms with Crippen LogP contribution in [-0.4, -0.2) is 60.9 Å². The summed E-state index contributed by atoms with van der Waals surface area (Å²) in [6, 6.07) is 5.18. The van der Waals surface area contributed by atoms with Gasteiger partial charge in [0.05, 0.1) is 16.7 Å². The van der Waals surface area contributed by atoms with E-state index in [0.29, 0.717) is 43.5 Å². The van der Waals surface area contributed by atoms with E-state index < -0.39 is 15.7 Å². The third-order valence-electron chi connectivity index (χ3n) is 4.77. The van der Waals surface area contributed by atoms with Crippen LogP contribution in [0.4, 0.5) is 20.7 Å². The first-order chi connectivity index (χ1) is 15.0. The number of carbonyl (C=O) groups is 1. The number of sulfone groups is 1. The molecule has 1 fully saturated rings. The number of aryl methyl sites for hydroxylation is 1. The summed E-state index contributed by atoms with van der Waals surface area (Å²) in [6.07, 6.45) is 1.64. The van der Waals surface area contributed by atoms with E-state index in [1.165, 1.54) is 12.1 Å². The van der Waals surface area contributed by atoms with Crippen molar-refractivity contribution in [1.82, 2.24) is 14.9 Å². The Kier molecular flexibility index (Phi) is 7.17. The maximum Gasteiger partial charge on any atom is 0.410 e. The number of likely N-dealkylation sites (tertiary alicyclic amines) is 1. The lowest BCUT2D eigenvalue weighted by Gasteiger charge is -2.31. The third-order valence-corrected chi connectivity index (χ3v) is 5.88. The van der Waals surface area contributed by atoms with Crippen molar-refractivity contribution >= 4 is 27.4 Å². The van der Waals surface area contributed by atoms with Crippen molar-refractivity contribution in [2.45, 2.75) is 50.7 Å². The number of hydrogen-bond acceptors (Lipinski definition) is 8. The Labute approximate surface area is 186 Å². The van der Waals surface area contributed by atoms with Crippen molar-refractivity contribution in [3.05, 3.63) is 35.9 Å². The van der Waals surface area contributed by atoms with Gasteiger partial charge in [0.15, 0.2) is 9.84 Å². The minimum absolute atomic E-state index is 0.0819. The molecule has 2 aromatic rings. The molecule has 0 saturated carbocycles. The van der Waals surface area contributed by atoms with Gasteiger partial charge in [-0.2, -0.15) is 4.98 Å². The largest absolute Gasteiger partial charge is 0.474 e. The molecule has 1 aromatic carbocycles. The molecule has 0 bridgehead atoms. The summed E-state index contributed by atoms with van der Waals surface area (Å²) in [4.78, 5) is 22.1. The number of benzene rings is 1. The van der Waals surface area contributed by atoms with Gasteiger partial charge in [-0.25, -0.2) is 22.6 Å². The van der Waals surface area contributed by atoms with E-state index >= 15 is 0 Å². The summed E-state index contributed by atoms with van der Waals surface area (Å²) >= 11 is 0. The van der Waals surface area contributed by atoms with Crippen molar-refractivity contribution < 1.29 is 27.1 Å². The summed E-state index contributed by atoms with van der Waals surface area (Å²) in [5.41, 5.74) is 0.0819. The zero-order valence-corrected chi connectivity index (χ0v) is 19.3. The van der Waals surface area contributed by atoms with Gasteiger partial charge in [0.25, 0.3) is 0 Å². The number of hydrogen-bond donors (Lipinski definition) is 1. The predicted molar refractivity (Wildman–Crippen MR) is 116 cm³/mol. The fraction of sp³-hybridized carbons (Fsp3) is 0.476. The number of rotatable bonds is 6. The molecule has 3 rings (SSSR count). The standard InChI is InChI=1S/C21H27FN4O5S/c1-13(2)30-21(27)26-9-7-15(8-10-26)31-20-12-19(23-14(3)24-20)25-18-6-5-16(11-17(18)22)32(4,28)29/h5-6,11-13,15H,7-10H2,1-4H3,(H,23,24,25). The van der Waals surface area contributed by atoms with Crippen LogP contribution >= 0.6 is 0 Å². The lowest BCUT2D eigenvalue weighted by atomic mass is 10.1. The zero-order chi connectivity index (χ0) is 23.5. The van der Waals surface area contributed by atoms with Gasteiger partial charge in [0.1, 0.15) is 23.6 Å². The first kappa shape index (κ1) is 23.7. The molecular weight excluding hydrogens is 439 g/mol. The Bertz CT molecular complexity index is 1090. The van der Waals surface area contributed by atoms with Gasteiger partial charge in [-0.05, 0) is 39.0 Å². The van der Waals surface area contributed by atoms with E-state index in [1.54, 1.807) is 17.9 Å². The topological polar surface area (TPSA) is 111 Å². The number of ether oxygens (including phenoxy) is 2. The quantitative estimate of drug-likeness (QED) is 0.689. The Morgan fingerprint density at radius 1 is 1.22 bits per heavy atom. The van der Waals surface area contributed by atoms with Gasteiger partial charge in [-0.3, -0.25) is 0 Å². The van der Waals surface area contributed by atoms with E-state index in [4.69, 9.17) is 9.47 Å².